The fourth-order valence-electron chi connectivity index (χ4n) is 4.14. The van der Waals surface area contributed by atoms with Crippen molar-refractivity contribution < 1.29 is 38.4 Å². The van der Waals surface area contributed by atoms with E-state index in [2.05, 4.69) is 13.8 Å². The summed E-state index contributed by atoms with van der Waals surface area (Å²) < 4.78 is 21.2. The van der Waals surface area contributed by atoms with Crippen molar-refractivity contribution in [1.29, 1.82) is 0 Å². The third-order valence-corrected chi connectivity index (χ3v) is 6.09. The number of carbonyl (C=O) groups is 3. The monoisotopic (exact) mass is 514 g/mol. The van der Waals surface area contributed by atoms with Gasteiger partial charge in [-0.3, -0.25) is 4.79 Å². The molecule has 0 aliphatic rings. The van der Waals surface area contributed by atoms with E-state index in [1.807, 2.05) is 0 Å². The Labute approximate surface area is 218 Å². The summed E-state index contributed by atoms with van der Waals surface area (Å²) >= 11 is 0. The van der Waals surface area contributed by atoms with Crippen LogP contribution in [0.5, 0.6) is 23.0 Å². The summed E-state index contributed by atoms with van der Waals surface area (Å²) in [5.74, 6) is -1.07. The van der Waals surface area contributed by atoms with Crippen LogP contribution in [0.3, 0.4) is 0 Å². The summed E-state index contributed by atoms with van der Waals surface area (Å²) in [7, 11) is 4.15. The van der Waals surface area contributed by atoms with Crippen LogP contribution in [0.25, 0.3) is 0 Å². The van der Waals surface area contributed by atoms with Crippen LogP contribution in [0.2, 0.25) is 0 Å². The number of phenols is 1. The normalized spacial score (nSPS) is 10.6. The molecule has 0 atom stereocenters. The lowest BCUT2D eigenvalue weighted by atomic mass is 9.98. The third kappa shape index (κ3) is 8.23. The lowest BCUT2D eigenvalue weighted by Crippen LogP contribution is -2.15. The number of aryl methyl sites for hydroxylation is 1. The van der Waals surface area contributed by atoms with E-state index in [-0.39, 0.29) is 40.6 Å². The predicted molar refractivity (Wildman–Crippen MR) is 140 cm³/mol. The molecule has 0 unspecified atom stereocenters. The van der Waals surface area contributed by atoms with Gasteiger partial charge in [0.1, 0.15) is 39.9 Å². The highest BCUT2D eigenvalue weighted by Gasteiger charge is 2.25. The molecular formula is C29H38O8. The number of hydrogen-bond acceptors (Lipinski definition) is 8. The molecule has 0 aromatic heterocycles. The Morgan fingerprint density at radius 3 is 2.05 bits per heavy atom. The molecule has 0 spiro atoms. The number of methoxy groups -OCH3 is 3. The summed E-state index contributed by atoms with van der Waals surface area (Å²) in [5.41, 5.74) is 1.14. The highest BCUT2D eigenvalue weighted by molar-refractivity contribution is 5.98. The molecule has 0 aliphatic heterocycles. The van der Waals surface area contributed by atoms with Crippen molar-refractivity contribution in [2.24, 2.45) is 0 Å². The Morgan fingerprint density at radius 1 is 0.757 bits per heavy atom. The molecule has 0 saturated carbocycles. The van der Waals surface area contributed by atoms with E-state index in [9.17, 15) is 19.5 Å². The van der Waals surface area contributed by atoms with Gasteiger partial charge >= 0.3 is 11.9 Å². The molecule has 202 valence electrons. The lowest BCUT2D eigenvalue weighted by molar-refractivity contribution is -0.118. The molecule has 8 nitrogen and oxygen atoms in total. The van der Waals surface area contributed by atoms with Crippen molar-refractivity contribution in [3.8, 4) is 23.0 Å². The average molecular weight is 515 g/mol. The highest BCUT2D eigenvalue weighted by Crippen LogP contribution is 2.34. The minimum Gasteiger partial charge on any atom is -0.507 e. The Hall–Kier alpha value is -3.55. The van der Waals surface area contributed by atoms with Gasteiger partial charge in [0.15, 0.2) is 0 Å². The number of phenolic OH excluding ortho intramolecular Hbond substituents is 1. The van der Waals surface area contributed by atoms with E-state index in [4.69, 9.17) is 18.9 Å². The van der Waals surface area contributed by atoms with Crippen molar-refractivity contribution in [1.82, 2.24) is 0 Å². The fourth-order valence-corrected chi connectivity index (χ4v) is 4.14. The van der Waals surface area contributed by atoms with Crippen molar-refractivity contribution in [3.63, 3.8) is 0 Å². The summed E-state index contributed by atoms with van der Waals surface area (Å²) in [6.45, 7) is 4.13. The number of benzene rings is 2. The van der Waals surface area contributed by atoms with Gasteiger partial charge in [0.25, 0.3) is 0 Å². The zero-order valence-corrected chi connectivity index (χ0v) is 22.5. The van der Waals surface area contributed by atoms with Crippen LogP contribution in [-0.2, 0) is 22.4 Å². The van der Waals surface area contributed by atoms with Crippen LogP contribution in [0, 0.1) is 0 Å². The second-order valence-corrected chi connectivity index (χ2v) is 8.85. The van der Waals surface area contributed by atoms with Gasteiger partial charge in [0.2, 0.25) is 0 Å². The first-order valence-corrected chi connectivity index (χ1v) is 12.7. The van der Waals surface area contributed by atoms with Gasteiger partial charge < -0.3 is 24.1 Å². The average Bonchev–Trinajstić information content (AvgIpc) is 2.87. The zero-order chi connectivity index (χ0) is 27.4. The highest BCUT2D eigenvalue weighted by atomic mass is 16.5. The largest absolute Gasteiger partial charge is 0.507 e. The molecule has 0 bridgehead atoms. The van der Waals surface area contributed by atoms with Gasteiger partial charge in [-0.1, -0.05) is 39.5 Å². The molecule has 0 heterocycles. The molecule has 2 aromatic rings. The molecule has 0 fully saturated rings. The maximum atomic E-state index is 13.3. The maximum absolute atomic E-state index is 13.3. The van der Waals surface area contributed by atoms with Gasteiger partial charge in [-0.2, -0.15) is 0 Å². The number of ketones is 1. The number of carbonyl (C=O) groups excluding carboxylic acids is 3. The van der Waals surface area contributed by atoms with Crippen LogP contribution < -0.4 is 14.2 Å². The first kappa shape index (κ1) is 29.7. The van der Waals surface area contributed by atoms with E-state index in [0.29, 0.717) is 29.7 Å². The standard InChI is InChI=1S/C29H38O8/c1-6-8-10-12-19-15-23(18-25(35-4)27(19)28(32)36-5)37-29(33)26-20(14-21(30)13-11-9-7-2)16-22(34-3)17-24(26)31/h15-18,31H,6-14H2,1-5H3. The smallest absolute Gasteiger partial charge is 0.347 e. The minimum atomic E-state index is -0.830. The summed E-state index contributed by atoms with van der Waals surface area (Å²) in [4.78, 5) is 38.3. The van der Waals surface area contributed by atoms with Crippen molar-refractivity contribution in [3.05, 3.63) is 46.5 Å². The van der Waals surface area contributed by atoms with Crippen molar-refractivity contribution >= 4 is 17.7 Å². The van der Waals surface area contributed by atoms with Crippen LogP contribution in [0.15, 0.2) is 24.3 Å². The molecule has 0 aliphatic carbocycles. The number of aromatic hydroxyl groups is 1. The lowest BCUT2D eigenvalue weighted by Gasteiger charge is -2.16. The van der Waals surface area contributed by atoms with E-state index in [0.717, 1.165) is 38.5 Å². The maximum Gasteiger partial charge on any atom is 0.347 e. The van der Waals surface area contributed by atoms with Crippen molar-refractivity contribution in [2.45, 2.75) is 71.6 Å². The Kier molecular flexibility index (Phi) is 11.9. The van der Waals surface area contributed by atoms with Gasteiger partial charge in [0.05, 0.1) is 21.3 Å². The molecule has 2 rings (SSSR count). The van der Waals surface area contributed by atoms with E-state index in [1.165, 1.54) is 33.5 Å². The van der Waals surface area contributed by atoms with Crippen LogP contribution >= 0.6 is 0 Å². The molecule has 0 saturated heterocycles. The number of rotatable bonds is 15. The third-order valence-electron chi connectivity index (χ3n) is 6.09. The van der Waals surface area contributed by atoms with Gasteiger partial charge in [-0.25, -0.2) is 9.59 Å². The first-order chi connectivity index (χ1) is 17.8. The number of esters is 2. The number of Topliss-reactive ketones (excluding diaryl/α,β-unsaturated/α-hetero) is 1. The Bertz CT molecular complexity index is 1090. The van der Waals surface area contributed by atoms with Crippen LogP contribution in [0.1, 0.15) is 90.6 Å². The molecule has 0 amide bonds. The number of ether oxygens (including phenoxy) is 4. The van der Waals surface area contributed by atoms with E-state index in [1.54, 1.807) is 12.1 Å². The van der Waals surface area contributed by atoms with E-state index < -0.39 is 11.9 Å². The summed E-state index contributed by atoms with van der Waals surface area (Å²) in [6, 6.07) is 5.91. The molecule has 37 heavy (non-hydrogen) atoms. The van der Waals surface area contributed by atoms with Gasteiger partial charge in [-0.05, 0) is 42.5 Å². The van der Waals surface area contributed by atoms with Crippen molar-refractivity contribution in [2.75, 3.05) is 21.3 Å². The SMILES string of the molecule is CCCCCC(=O)Cc1cc(OC)cc(O)c1C(=O)Oc1cc(CCCCC)c(C(=O)OC)c(OC)c1. The number of unbranched alkanes of at least 4 members (excludes halogenated alkanes) is 4. The fraction of sp³-hybridized carbons (Fsp3) is 0.483. The Morgan fingerprint density at radius 2 is 1.43 bits per heavy atom. The van der Waals surface area contributed by atoms with Gasteiger partial charge in [-0.15, -0.1) is 0 Å². The molecule has 0 radical (unpaired) electrons. The second-order valence-electron chi connectivity index (χ2n) is 8.85. The second kappa shape index (κ2) is 14.9. The Balaban J connectivity index is 2.44. The zero-order valence-electron chi connectivity index (χ0n) is 22.5. The van der Waals surface area contributed by atoms with Crippen LogP contribution in [0.4, 0.5) is 0 Å². The topological polar surface area (TPSA) is 108 Å². The van der Waals surface area contributed by atoms with E-state index >= 15 is 0 Å². The summed E-state index contributed by atoms with van der Waals surface area (Å²) in [6.07, 6.45) is 6.38. The quantitative estimate of drug-likeness (QED) is 0.179. The molecule has 2 aromatic carbocycles. The van der Waals surface area contributed by atoms with Crippen LogP contribution in [-0.4, -0.2) is 44.2 Å². The minimum absolute atomic E-state index is 0.0359. The molecule has 8 heteroatoms. The molecular weight excluding hydrogens is 476 g/mol. The molecule has 1 N–H and O–H groups in total. The van der Waals surface area contributed by atoms with Gasteiger partial charge in [0, 0.05) is 25.0 Å². The number of hydrogen-bond donors (Lipinski definition) is 1. The predicted octanol–water partition coefficient (Wildman–Crippen LogP) is 5.84. The first-order valence-electron chi connectivity index (χ1n) is 12.7. The summed E-state index contributed by atoms with van der Waals surface area (Å²) in [5, 5.41) is 10.6.